The molecular weight excluding hydrogens is 466 g/mol. The van der Waals surface area contributed by atoms with Gasteiger partial charge in [0.05, 0.1) is 12.1 Å². The summed E-state index contributed by atoms with van der Waals surface area (Å²) in [5.74, 6) is 0. The SMILES string of the molecule is N#CCCC(Br)(C#N)CBr.O=[N+]([O-])C1(Br)COCOC1. The van der Waals surface area contributed by atoms with Crippen LogP contribution in [0.5, 0.6) is 0 Å². The summed E-state index contributed by atoms with van der Waals surface area (Å²) < 4.78 is 7.69. The average Bonchev–Trinajstić information content (AvgIpc) is 2.46. The maximum absolute atomic E-state index is 10.3. The van der Waals surface area contributed by atoms with Gasteiger partial charge in [-0.3, -0.25) is 10.1 Å². The minimum absolute atomic E-state index is 0.0556. The topological polar surface area (TPSA) is 109 Å². The Kier molecular flexibility index (Phi) is 9.51. The van der Waals surface area contributed by atoms with E-state index in [0.717, 1.165) is 0 Å². The van der Waals surface area contributed by atoms with Crippen molar-refractivity contribution in [2.45, 2.75) is 21.6 Å². The van der Waals surface area contributed by atoms with Gasteiger partial charge in [-0.1, -0.05) is 31.9 Å². The normalized spacial score (nSPS) is 19.4. The van der Waals surface area contributed by atoms with E-state index in [1.165, 1.54) is 0 Å². The molecule has 0 N–H and O–H groups in total. The number of nitro groups is 1. The molecule has 0 aliphatic carbocycles. The van der Waals surface area contributed by atoms with Gasteiger partial charge in [-0.05, 0) is 6.42 Å². The molecule has 1 saturated heterocycles. The molecule has 0 aromatic rings. The van der Waals surface area contributed by atoms with E-state index in [9.17, 15) is 10.1 Å². The molecule has 1 aliphatic heterocycles. The van der Waals surface area contributed by atoms with E-state index < -0.39 is 13.7 Å². The maximum Gasteiger partial charge on any atom is 0.320 e. The molecule has 10 heteroatoms. The highest BCUT2D eigenvalue weighted by atomic mass is 79.9. The summed E-state index contributed by atoms with van der Waals surface area (Å²) in [5, 5.41) is 27.6. The van der Waals surface area contributed by atoms with Crippen LogP contribution >= 0.6 is 47.8 Å². The second-order valence-electron chi connectivity index (χ2n) is 3.86. The van der Waals surface area contributed by atoms with E-state index >= 15 is 0 Å². The van der Waals surface area contributed by atoms with Crippen molar-refractivity contribution in [3.05, 3.63) is 10.1 Å². The fourth-order valence-electron chi connectivity index (χ4n) is 1.01. The highest BCUT2D eigenvalue weighted by Gasteiger charge is 2.43. The minimum Gasteiger partial charge on any atom is -0.347 e. The Bertz CT molecular complexity index is 404. The zero-order chi connectivity index (χ0) is 15.6. The van der Waals surface area contributed by atoms with E-state index in [2.05, 4.69) is 53.9 Å². The Morgan fingerprint density at radius 1 is 1.40 bits per heavy atom. The summed E-state index contributed by atoms with van der Waals surface area (Å²) in [5.41, 5.74) is 0. The Labute approximate surface area is 141 Å². The van der Waals surface area contributed by atoms with Gasteiger partial charge < -0.3 is 9.47 Å². The second kappa shape index (κ2) is 9.64. The molecule has 0 aromatic heterocycles. The van der Waals surface area contributed by atoms with Crippen molar-refractivity contribution in [3.8, 4) is 12.1 Å². The Hall–Kier alpha value is -0.260. The largest absolute Gasteiger partial charge is 0.347 e. The van der Waals surface area contributed by atoms with E-state index in [1.54, 1.807) is 0 Å². The van der Waals surface area contributed by atoms with Crippen LogP contribution in [0.3, 0.4) is 0 Å². The van der Waals surface area contributed by atoms with Crippen LogP contribution in [0.4, 0.5) is 0 Å². The molecule has 0 amide bonds. The van der Waals surface area contributed by atoms with Crippen LogP contribution in [0.2, 0.25) is 0 Å². The van der Waals surface area contributed by atoms with Crippen molar-refractivity contribution in [3.63, 3.8) is 0 Å². The zero-order valence-electron chi connectivity index (χ0n) is 10.4. The number of rotatable bonds is 4. The fraction of sp³-hybridized carbons (Fsp3) is 0.800. The first-order valence-corrected chi connectivity index (χ1v) is 8.06. The molecule has 1 atom stereocenters. The number of ether oxygens (including phenoxy) is 2. The molecule has 20 heavy (non-hydrogen) atoms. The molecular formula is C10H12Br3N3O4. The number of hydrogen-bond acceptors (Lipinski definition) is 6. The number of hydrogen-bond donors (Lipinski definition) is 0. The number of nitriles is 2. The van der Waals surface area contributed by atoms with Gasteiger partial charge in [0.15, 0.2) is 0 Å². The minimum atomic E-state index is -1.23. The second-order valence-corrected chi connectivity index (χ2v) is 7.41. The lowest BCUT2D eigenvalue weighted by atomic mass is 10.1. The van der Waals surface area contributed by atoms with Crippen LogP contribution < -0.4 is 0 Å². The molecule has 0 radical (unpaired) electrons. The Balaban J connectivity index is 0.000000361. The molecule has 1 rings (SSSR count). The standard InChI is InChI=1S/C6H6Br2N2.C4H6BrNO4/c7-4-6(8,5-10)2-1-3-9;5-4(6(7)8)1-9-3-10-2-4/h1-2,4H2;1-3H2. The van der Waals surface area contributed by atoms with Gasteiger partial charge in [0, 0.05) is 32.6 Å². The Morgan fingerprint density at radius 3 is 2.25 bits per heavy atom. The monoisotopic (exact) mass is 475 g/mol. The first-order valence-electron chi connectivity index (χ1n) is 5.35. The molecule has 1 aliphatic rings. The van der Waals surface area contributed by atoms with Crippen LogP contribution in [-0.4, -0.2) is 39.0 Å². The van der Waals surface area contributed by atoms with Crippen molar-refractivity contribution in [2.75, 3.05) is 25.3 Å². The molecule has 0 spiro atoms. The lowest BCUT2D eigenvalue weighted by Gasteiger charge is -2.23. The number of nitrogens with zero attached hydrogens (tertiary/aromatic N) is 3. The van der Waals surface area contributed by atoms with Gasteiger partial charge in [-0.25, -0.2) is 0 Å². The van der Waals surface area contributed by atoms with Crippen molar-refractivity contribution in [2.24, 2.45) is 0 Å². The molecule has 7 nitrogen and oxygen atoms in total. The molecule has 0 saturated carbocycles. The van der Waals surface area contributed by atoms with Crippen molar-refractivity contribution >= 4 is 47.8 Å². The summed E-state index contributed by atoms with van der Waals surface area (Å²) in [6.45, 7) is 0.251. The van der Waals surface area contributed by atoms with Crippen molar-refractivity contribution < 1.29 is 14.4 Å². The molecule has 0 bridgehead atoms. The van der Waals surface area contributed by atoms with Crippen LogP contribution in [-0.2, 0) is 9.47 Å². The van der Waals surface area contributed by atoms with Gasteiger partial charge in [0.2, 0.25) is 0 Å². The van der Waals surface area contributed by atoms with E-state index in [-0.39, 0.29) is 20.0 Å². The first kappa shape index (κ1) is 19.7. The van der Waals surface area contributed by atoms with Crippen molar-refractivity contribution in [1.29, 1.82) is 10.5 Å². The van der Waals surface area contributed by atoms with Crippen LogP contribution in [0, 0.1) is 32.8 Å². The molecule has 0 aromatic carbocycles. The summed E-state index contributed by atoms with van der Waals surface area (Å²) in [7, 11) is 0. The zero-order valence-corrected chi connectivity index (χ0v) is 15.1. The summed E-state index contributed by atoms with van der Waals surface area (Å²) in [6, 6.07) is 4.07. The summed E-state index contributed by atoms with van der Waals surface area (Å²) in [4.78, 5) is 9.82. The molecule has 1 heterocycles. The smallest absolute Gasteiger partial charge is 0.320 e. The average molecular weight is 478 g/mol. The predicted molar refractivity (Wildman–Crippen MR) is 81.3 cm³/mol. The third-order valence-corrected chi connectivity index (χ3v) is 5.50. The maximum atomic E-state index is 10.3. The number of alkyl halides is 3. The lowest BCUT2D eigenvalue weighted by molar-refractivity contribution is -0.552. The third kappa shape index (κ3) is 6.95. The van der Waals surface area contributed by atoms with E-state index in [0.29, 0.717) is 18.2 Å². The molecule has 1 unspecified atom stereocenters. The summed E-state index contributed by atoms with van der Waals surface area (Å²) in [6.07, 6.45) is 0.968. The van der Waals surface area contributed by atoms with Crippen LogP contribution in [0.15, 0.2) is 0 Å². The Morgan fingerprint density at radius 2 is 1.95 bits per heavy atom. The van der Waals surface area contributed by atoms with E-state index in [1.807, 2.05) is 6.07 Å². The predicted octanol–water partition coefficient (Wildman–Crippen LogP) is 2.70. The van der Waals surface area contributed by atoms with Crippen LogP contribution in [0.1, 0.15) is 12.8 Å². The summed E-state index contributed by atoms with van der Waals surface area (Å²) >= 11 is 9.32. The quantitative estimate of drug-likeness (QED) is 0.266. The van der Waals surface area contributed by atoms with Gasteiger partial charge in [0.25, 0.3) is 0 Å². The van der Waals surface area contributed by atoms with Crippen molar-refractivity contribution in [1.82, 2.24) is 0 Å². The first-order chi connectivity index (χ1) is 9.33. The van der Waals surface area contributed by atoms with Gasteiger partial charge in [0.1, 0.15) is 24.3 Å². The third-order valence-electron chi connectivity index (χ3n) is 2.19. The highest BCUT2D eigenvalue weighted by Crippen LogP contribution is 2.25. The molecule has 112 valence electrons. The molecule has 1 fully saturated rings. The van der Waals surface area contributed by atoms with Gasteiger partial charge >= 0.3 is 4.45 Å². The van der Waals surface area contributed by atoms with Crippen LogP contribution in [0.25, 0.3) is 0 Å². The highest BCUT2D eigenvalue weighted by molar-refractivity contribution is 9.12. The van der Waals surface area contributed by atoms with Gasteiger partial charge in [-0.2, -0.15) is 10.5 Å². The lowest BCUT2D eigenvalue weighted by Crippen LogP contribution is -2.45. The fourth-order valence-corrected chi connectivity index (χ4v) is 1.94. The van der Waals surface area contributed by atoms with Gasteiger partial charge in [-0.15, -0.1) is 0 Å². The number of halogens is 3. The van der Waals surface area contributed by atoms with E-state index in [4.69, 9.17) is 20.0 Å².